The number of hydrogen-bond donors (Lipinski definition) is 1. The molecule has 0 unspecified atom stereocenters. The van der Waals surface area contributed by atoms with Crippen molar-refractivity contribution in [3.8, 4) is 0 Å². The summed E-state index contributed by atoms with van der Waals surface area (Å²) in [6.07, 6.45) is 0.993. The van der Waals surface area contributed by atoms with Crippen molar-refractivity contribution in [3.63, 3.8) is 0 Å². The molecule has 2 aromatic carbocycles. The maximum absolute atomic E-state index is 11.2. The van der Waals surface area contributed by atoms with Crippen LogP contribution in [0.3, 0.4) is 0 Å². The van der Waals surface area contributed by atoms with E-state index in [0.29, 0.717) is 6.54 Å². The SMILES string of the molecule is CCCN(Cc1cccc(S(=O)(=O)O)c1)c1ccccc1. The van der Waals surface area contributed by atoms with Gasteiger partial charge in [-0.2, -0.15) is 8.42 Å². The second kappa shape index (κ2) is 6.74. The average molecular weight is 305 g/mol. The van der Waals surface area contributed by atoms with Gasteiger partial charge in [0.25, 0.3) is 10.1 Å². The molecule has 0 bridgehead atoms. The minimum atomic E-state index is -4.16. The molecule has 0 aliphatic rings. The monoisotopic (exact) mass is 305 g/mol. The first-order valence-corrected chi connectivity index (χ1v) is 8.31. The molecule has 5 heteroatoms. The van der Waals surface area contributed by atoms with Crippen molar-refractivity contribution in [1.82, 2.24) is 0 Å². The number of para-hydroxylation sites is 1. The van der Waals surface area contributed by atoms with E-state index in [-0.39, 0.29) is 4.90 Å². The fourth-order valence-corrected chi connectivity index (χ4v) is 2.78. The second-order valence-corrected chi connectivity index (χ2v) is 6.30. The van der Waals surface area contributed by atoms with Crippen molar-refractivity contribution in [2.45, 2.75) is 24.8 Å². The highest BCUT2D eigenvalue weighted by atomic mass is 32.2. The van der Waals surface area contributed by atoms with E-state index >= 15 is 0 Å². The summed E-state index contributed by atoms with van der Waals surface area (Å²) in [5.41, 5.74) is 1.94. The minimum Gasteiger partial charge on any atom is -0.367 e. The van der Waals surface area contributed by atoms with Crippen molar-refractivity contribution in [2.24, 2.45) is 0 Å². The van der Waals surface area contributed by atoms with Crippen molar-refractivity contribution < 1.29 is 13.0 Å². The number of nitrogens with zero attached hydrogens (tertiary/aromatic N) is 1. The highest BCUT2D eigenvalue weighted by Crippen LogP contribution is 2.19. The molecule has 4 nitrogen and oxygen atoms in total. The molecular weight excluding hydrogens is 286 g/mol. The van der Waals surface area contributed by atoms with E-state index in [2.05, 4.69) is 11.8 Å². The van der Waals surface area contributed by atoms with E-state index < -0.39 is 10.1 Å². The Balaban J connectivity index is 2.26. The van der Waals surface area contributed by atoms with Crippen LogP contribution in [0.4, 0.5) is 5.69 Å². The number of benzene rings is 2. The van der Waals surface area contributed by atoms with Crippen molar-refractivity contribution in [2.75, 3.05) is 11.4 Å². The summed E-state index contributed by atoms with van der Waals surface area (Å²) in [7, 11) is -4.16. The van der Waals surface area contributed by atoms with Gasteiger partial charge >= 0.3 is 0 Å². The van der Waals surface area contributed by atoms with E-state index in [4.69, 9.17) is 4.55 Å². The standard InChI is InChI=1S/C16H19NO3S/c1-2-11-17(15-8-4-3-5-9-15)13-14-7-6-10-16(12-14)21(18,19)20/h3-10,12H,2,11,13H2,1H3,(H,18,19,20). The van der Waals surface area contributed by atoms with Gasteiger partial charge in [-0.15, -0.1) is 0 Å². The van der Waals surface area contributed by atoms with Crippen LogP contribution in [0, 0.1) is 0 Å². The molecule has 0 aliphatic carbocycles. The first-order chi connectivity index (χ1) is 10.0. The third kappa shape index (κ3) is 4.31. The van der Waals surface area contributed by atoms with Gasteiger partial charge in [-0.25, -0.2) is 0 Å². The zero-order valence-electron chi connectivity index (χ0n) is 11.9. The molecule has 0 amide bonds. The molecule has 0 spiro atoms. The lowest BCUT2D eigenvalue weighted by molar-refractivity contribution is 0.483. The molecule has 21 heavy (non-hydrogen) atoms. The van der Waals surface area contributed by atoms with E-state index in [1.165, 1.54) is 12.1 Å². The summed E-state index contributed by atoms with van der Waals surface area (Å²) in [6, 6.07) is 16.4. The Kier molecular flexibility index (Phi) is 4.98. The summed E-state index contributed by atoms with van der Waals surface area (Å²) < 4.78 is 31.5. The van der Waals surface area contributed by atoms with Gasteiger partial charge in [-0.05, 0) is 36.2 Å². The van der Waals surface area contributed by atoms with Crippen molar-refractivity contribution in [1.29, 1.82) is 0 Å². The van der Waals surface area contributed by atoms with E-state index in [1.807, 2.05) is 36.4 Å². The van der Waals surface area contributed by atoms with Gasteiger partial charge in [0.05, 0.1) is 4.90 Å². The van der Waals surface area contributed by atoms with Crippen LogP contribution in [0.15, 0.2) is 59.5 Å². The van der Waals surface area contributed by atoms with Gasteiger partial charge in [0.2, 0.25) is 0 Å². The smallest absolute Gasteiger partial charge is 0.294 e. The first kappa shape index (κ1) is 15.5. The highest BCUT2D eigenvalue weighted by Gasteiger charge is 2.11. The maximum atomic E-state index is 11.2. The van der Waals surface area contributed by atoms with Crippen LogP contribution in [0.25, 0.3) is 0 Å². The second-order valence-electron chi connectivity index (χ2n) is 4.88. The van der Waals surface area contributed by atoms with Gasteiger partial charge in [-0.3, -0.25) is 4.55 Å². The summed E-state index contributed by atoms with van der Waals surface area (Å²) in [4.78, 5) is 2.12. The van der Waals surface area contributed by atoms with Crippen LogP contribution < -0.4 is 4.90 Å². The Morgan fingerprint density at radius 1 is 1.05 bits per heavy atom. The molecule has 0 aliphatic heterocycles. The predicted octanol–water partition coefficient (Wildman–Crippen LogP) is 3.35. The third-order valence-corrected chi connectivity index (χ3v) is 4.03. The fraction of sp³-hybridized carbons (Fsp3) is 0.250. The molecular formula is C16H19NO3S. The first-order valence-electron chi connectivity index (χ1n) is 6.87. The third-order valence-electron chi connectivity index (χ3n) is 3.18. The minimum absolute atomic E-state index is 0.0653. The molecule has 0 heterocycles. The zero-order valence-corrected chi connectivity index (χ0v) is 12.8. The quantitative estimate of drug-likeness (QED) is 0.832. The zero-order chi connectivity index (χ0) is 15.3. The van der Waals surface area contributed by atoms with Gasteiger partial charge in [0, 0.05) is 18.8 Å². The Hall–Kier alpha value is -1.85. The molecule has 2 rings (SSSR count). The van der Waals surface area contributed by atoms with Crippen molar-refractivity contribution in [3.05, 3.63) is 60.2 Å². The number of hydrogen-bond acceptors (Lipinski definition) is 3. The molecule has 0 atom stereocenters. The Labute approximate surface area is 125 Å². The Morgan fingerprint density at radius 3 is 2.38 bits per heavy atom. The lowest BCUT2D eigenvalue weighted by Gasteiger charge is -2.24. The van der Waals surface area contributed by atoms with Gasteiger partial charge in [0.15, 0.2) is 0 Å². The van der Waals surface area contributed by atoms with Gasteiger partial charge < -0.3 is 4.90 Å². The fourth-order valence-electron chi connectivity index (χ4n) is 2.23. The summed E-state index contributed by atoms with van der Waals surface area (Å²) >= 11 is 0. The Bertz CT molecular complexity index is 684. The molecule has 0 aromatic heterocycles. The molecule has 0 fully saturated rings. The van der Waals surface area contributed by atoms with Crippen LogP contribution in [0.1, 0.15) is 18.9 Å². The molecule has 112 valence electrons. The molecule has 0 saturated heterocycles. The van der Waals surface area contributed by atoms with Crippen LogP contribution in [0.2, 0.25) is 0 Å². The van der Waals surface area contributed by atoms with Gasteiger partial charge in [-0.1, -0.05) is 37.3 Å². The lowest BCUT2D eigenvalue weighted by atomic mass is 10.2. The lowest BCUT2D eigenvalue weighted by Crippen LogP contribution is -2.23. The van der Waals surface area contributed by atoms with E-state index in [9.17, 15) is 8.42 Å². The average Bonchev–Trinajstić information content (AvgIpc) is 2.47. The van der Waals surface area contributed by atoms with Crippen molar-refractivity contribution >= 4 is 15.8 Å². The molecule has 1 N–H and O–H groups in total. The molecule has 2 aromatic rings. The van der Waals surface area contributed by atoms with Crippen LogP contribution in [-0.2, 0) is 16.7 Å². The molecule has 0 radical (unpaired) electrons. The predicted molar refractivity (Wildman–Crippen MR) is 84.0 cm³/mol. The normalized spacial score (nSPS) is 11.3. The maximum Gasteiger partial charge on any atom is 0.294 e. The van der Waals surface area contributed by atoms with Gasteiger partial charge in [0.1, 0.15) is 0 Å². The van der Waals surface area contributed by atoms with Crippen LogP contribution >= 0.6 is 0 Å². The Morgan fingerprint density at radius 2 is 1.76 bits per heavy atom. The summed E-state index contributed by atoms with van der Waals surface area (Å²) in [5, 5.41) is 0. The largest absolute Gasteiger partial charge is 0.367 e. The topological polar surface area (TPSA) is 57.6 Å². The van der Waals surface area contributed by atoms with E-state index in [1.54, 1.807) is 6.07 Å². The van der Waals surface area contributed by atoms with Crippen LogP contribution in [0.5, 0.6) is 0 Å². The van der Waals surface area contributed by atoms with E-state index in [0.717, 1.165) is 24.2 Å². The summed E-state index contributed by atoms with van der Waals surface area (Å²) in [5.74, 6) is 0. The summed E-state index contributed by atoms with van der Waals surface area (Å²) in [6.45, 7) is 3.58. The van der Waals surface area contributed by atoms with Crippen LogP contribution in [-0.4, -0.2) is 19.5 Å². The number of rotatable bonds is 6. The number of anilines is 1. The highest BCUT2D eigenvalue weighted by molar-refractivity contribution is 7.85. The molecule has 0 saturated carbocycles.